The van der Waals surface area contributed by atoms with Crippen molar-refractivity contribution in [3.05, 3.63) is 69.5 Å². The molecule has 0 unspecified atom stereocenters. The van der Waals surface area contributed by atoms with Gasteiger partial charge in [-0.15, -0.1) is 0 Å². The first-order chi connectivity index (χ1) is 11.9. The van der Waals surface area contributed by atoms with E-state index in [0.717, 1.165) is 12.1 Å². The van der Waals surface area contributed by atoms with E-state index in [0.29, 0.717) is 16.4 Å². The summed E-state index contributed by atoms with van der Waals surface area (Å²) in [6, 6.07) is 11.8. The molecule has 25 heavy (non-hydrogen) atoms. The summed E-state index contributed by atoms with van der Waals surface area (Å²) in [6.07, 6.45) is -3.14. The molecule has 0 atom stereocenters. The predicted molar refractivity (Wildman–Crippen MR) is 92.3 cm³/mol. The third-order valence-corrected chi connectivity index (χ3v) is 3.90. The van der Waals surface area contributed by atoms with Crippen LogP contribution in [0.2, 0.25) is 5.02 Å². The highest BCUT2D eigenvalue weighted by Gasteiger charge is 2.30. The Morgan fingerprint density at radius 3 is 2.64 bits per heavy atom. The predicted octanol–water partition coefficient (Wildman–Crippen LogP) is 5.16. The van der Waals surface area contributed by atoms with E-state index in [1.807, 2.05) is 0 Å². The minimum atomic E-state index is -4.42. The van der Waals surface area contributed by atoms with Crippen LogP contribution in [0.15, 0.2) is 53.6 Å². The van der Waals surface area contributed by atoms with Crippen molar-refractivity contribution in [3.63, 3.8) is 0 Å². The fourth-order valence-electron chi connectivity index (χ4n) is 2.14. The molecule has 0 spiro atoms. The highest BCUT2D eigenvalue weighted by atomic mass is 35.5. The third-order valence-electron chi connectivity index (χ3n) is 3.30. The minimum Gasteiger partial charge on any atom is -0.250 e. The van der Waals surface area contributed by atoms with Gasteiger partial charge in [-0.25, -0.2) is 5.10 Å². The molecular formula is C16H10ClF3N4S. The van der Waals surface area contributed by atoms with Gasteiger partial charge in [0.1, 0.15) is 0 Å². The van der Waals surface area contributed by atoms with Crippen molar-refractivity contribution in [2.24, 2.45) is 5.10 Å². The molecule has 1 aromatic heterocycles. The van der Waals surface area contributed by atoms with Crippen molar-refractivity contribution >= 4 is 30.0 Å². The standard InChI is InChI=1S/C16H10ClF3N4S/c17-13-7-2-1-6-12(13)14-22-23-15(25)24(14)21-9-10-4-3-5-11(8-10)16(18,19)20/h1-9H,(H,23,25). The summed E-state index contributed by atoms with van der Waals surface area (Å²) in [5.41, 5.74) is 0.124. The Labute approximate surface area is 150 Å². The molecule has 3 aromatic rings. The first-order valence-corrected chi connectivity index (χ1v) is 7.79. The maximum atomic E-state index is 12.8. The molecule has 9 heteroatoms. The van der Waals surface area contributed by atoms with Crippen molar-refractivity contribution in [1.29, 1.82) is 0 Å². The molecule has 0 bridgehead atoms. The first kappa shape index (κ1) is 17.4. The summed E-state index contributed by atoms with van der Waals surface area (Å²) in [4.78, 5) is 0. The van der Waals surface area contributed by atoms with Crippen LogP contribution in [-0.4, -0.2) is 21.1 Å². The van der Waals surface area contributed by atoms with E-state index in [9.17, 15) is 13.2 Å². The van der Waals surface area contributed by atoms with Crippen LogP contribution in [0.5, 0.6) is 0 Å². The molecule has 1 N–H and O–H groups in total. The second kappa shape index (κ2) is 6.81. The maximum Gasteiger partial charge on any atom is 0.416 e. The van der Waals surface area contributed by atoms with Crippen LogP contribution < -0.4 is 0 Å². The van der Waals surface area contributed by atoms with Gasteiger partial charge in [-0.3, -0.25) is 0 Å². The van der Waals surface area contributed by atoms with Gasteiger partial charge in [0.05, 0.1) is 16.8 Å². The van der Waals surface area contributed by atoms with Crippen molar-refractivity contribution in [3.8, 4) is 11.4 Å². The summed E-state index contributed by atoms with van der Waals surface area (Å²) in [5, 5.41) is 11.3. The lowest BCUT2D eigenvalue weighted by molar-refractivity contribution is -0.137. The van der Waals surface area contributed by atoms with Crippen molar-refractivity contribution < 1.29 is 13.2 Å². The van der Waals surface area contributed by atoms with Gasteiger partial charge in [-0.05, 0) is 42.0 Å². The highest BCUT2D eigenvalue weighted by Crippen LogP contribution is 2.29. The van der Waals surface area contributed by atoms with Gasteiger partial charge < -0.3 is 0 Å². The number of rotatable bonds is 3. The number of nitrogens with zero attached hydrogens (tertiary/aromatic N) is 3. The average molecular weight is 383 g/mol. The van der Waals surface area contributed by atoms with Gasteiger partial charge in [0, 0.05) is 5.56 Å². The summed E-state index contributed by atoms with van der Waals surface area (Å²) < 4.78 is 39.8. The topological polar surface area (TPSA) is 46.0 Å². The molecule has 0 aliphatic carbocycles. The second-order valence-corrected chi connectivity index (χ2v) is 5.81. The third kappa shape index (κ3) is 3.80. The Hall–Kier alpha value is -2.45. The van der Waals surface area contributed by atoms with Crippen molar-refractivity contribution in [2.45, 2.75) is 6.18 Å². The highest BCUT2D eigenvalue weighted by molar-refractivity contribution is 7.71. The van der Waals surface area contributed by atoms with Crippen LogP contribution in [0.3, 0.4) is 0 Å². The van der Waals surface area contributed by atoms with Gasteiger partial charge in [-0.2, -0.15) is 28.0 Å². The quantitative estimate of drug-likeness (QED) is 0.502. The summed E-state index contributed by atoms with van der Waals surface area (Å²) >= 11 is 11.3. The zero-order valence-corrected chi connectivity index (χ0v) is 14.0. The average Bonchev–Trinajstić information content (AvgIpc) is 2.93. The molecule has 0 amide bonds. The Morgan fingerprint density at radius 2 is 1.92 bits per heavy atom. The summed E-state index contributed by atoms with van der Waals surface area (Å²) in [5.74, 6) is 0.360. The zero-order chi connectivity index (χ0) is 18.0. The number of aromatic amines is 1. The van der Waals surface area contributed by atoms with Crippen LogP contribution in [0.1, 0.15) is 11.1 Å². The monoisotopic (exact) mass is 382 g/mol. The number of nitrogens with one attached hydrogen (secondary N) is 1. The zero-order valence-electron chi connectivity index (χ0n) is 12.5. The van der Waals surface area contributed by atoms with Crippen LogP contribution in [0.25, 0.3) is 11.4 Å². The van der Waals surface area contributed by atoms with Gasteiger partial charge in [0.25, 0.3) is 0 Å². The lowest BCUT2D eigenvalue weighted by atomic mass is 10.1. The van der Waals surface area contributed by atoms with E-state index in [1.165, 1.54) is 23.0 Å². The van der Waals surface area contributed by atoms with Crippen LogP contribution >= 0.6 is 23.8 Å². The molecule has 0 saturated heterocycles. The molecule has 0 aliphatic heterocycles. The maximum absolute atomic E-state index is 12.8. The van der Waals surface area contributed by atoms with E-state index < -0.39 is 11.7 Å². The Bertz CT molecular complexity index is 991. The SMILES string of the molecule is FC(F)(F)c1cccc(C=Nn2c(-c3ccccc3Cl)n[nH]c2=S)c1. The number of hydrogen-bond acceptors (Lipinski definition) is 3. The molecule has 3 rings (SSSR count). The fraction of sp³-hybridized carbons (Fsp3) is 0.0625. The molecule has 0 saturated carbocycles. The van der Waals surface area contributed by atoms with E-state index in [1.54, 1.807) is 24.3 Å². The number of aromatic nitrogens is 3. The Balaban J connectivity index is 2.00. The Morgan fingerprint density at radius 1 is 1.16 bits per heavy atom. The van der Waals surface area contributed by atoms with Gasteiger partial charge in [0.15, 0.2) is 5.82 Å². The minimum absolute atomic E-state index is 0.193. The van der Waals surface area contributed by atoms with E-state index in [4.69, 9.17) is 23.8 Å². The summed E-state index contributed by atoms with van der Waals surface area (Å²) in [6.45, 7) is 0. The molecule has 0 aliphatic rings. The molecular weight excluding hydrogens is 373 g/mol. The van der Waals surface area contributed by atoms with Crippen LogP contribution in [-0.2, 0) is 6.18 Å². The molecule has 1 heterocycles. The number of benzene rings is 2. The number of hydrogen-bond donors (Lipinski definition) is 1. The van der Waals surface area contributed by atoms with Gasteiger partial charge in [-0.1, -0.05) is 35.9 Å². The van der Waals surface area contributed by atoms with Crippen molar-refractivity contribution in [2.75, 3.05) is 0 Å². The van der Waals surface area contributed by atoms with Crippen LogP contribution in [0, 0.1) is 4.77 Å². The summed E-state index contributed by atoms with van der Waals surface area (Å²) in [7, 11) is 0. The fourth-order valence-corrected chi connectivity index (χ4v) is 2.53. The lowest BCUT2D eigenvalue weighted by Crippen LogP contribution is -2.05. The molecule has 0 radical (unpaired) electrons. The molecule has 0 fully saturated rings. The largest absolute Gasteiger partial charge is 0.416 e. The number of H-pyrrole nitrogens is 1. The van der Waals surface area contributed by atoms with E-state index in [-0.39, 0.29) is 10.3 Å². The number of alkyl halides is 3. The van der Waals surface area contributed by atoms with Crippen LogP contribution in [0.4, 0.5) is 13.2 Å². The second-order valence-electron chi connectivity index (χ2n) is 5.01. The van der Waals surface area contributed by atoms with Crippen molar-refractivity contribution in [1.82, 2.24) is 14.9 Å². The molecule has 128 valence electrons. The lowest BCUT2D eigenvalue weighted by Gasteiger charge is -2.06. The molecule has 4 nitrogen and oxygen atoms in total. The first-order valence-electron chi connectivity index (χ1n) is 7.00. The normalized spacial score (nSPS) is 12.0. The van der Waals surface area contributed by atoms with Gasteiger partial charge >= 0.3 is 6.18 Å². The smallest absolute Gasteiger partial charge is 0.250 e. The Kier molecular flexibility index (Phi) is 4.73. The van der Waals surface area contributed by atoms with E-state index in [2.05, 4.69) is 15.3 Å². The van der Waals surface area contributed by atoms with Gasteiger partial charge in [0.2, 0.25) is 4.77 Å². The molecule has 2 aromatic carbocycles. The number of halogens is 4. The van der Waals surface area contributed by atoms with E-state index >= 15 is 0 Å².